The van der Waals surface area contributed by atoms with E-state index in [0.717, 1.165) is 0 Å². The molecule has 3 aromatic carbocycles. The molecular formula is C22H13F6NO2. The van der Waals surface area contributed by atoms with Crippen LogP contribution >= 0.6 is 0 Å². The molecule has 160 valence electrons. The van der Waals surface area contributed by atoms with Gasteiger partial charge in [-0.05, 0) is 18.2 Å². The molecule has 0 heterocycles. The van der Waals surface area contributed by atoms with Crippen LogP contribution in [0.2, 0.25) is 0 Å². The number of hydrogen-bond donors (Lipinski definition) is 0. The van der Waals surface area contributed by atoms with Crippen LogP contribution in [0.1, 0.15) is 32.6 Å². The lowest BCUT2D eigenvalue weighted by Gasteiger charge is -2.13. The van der Waals surface area contributed by atoms with Gasteiger partial charge < -0.3 is 4.84 Å². The van der Waals surface area contributed by atoms with Gasteiger partial charge >= 0.3 is 18.3 Å². The maximum atomic E-state index is 13.0. The standard InChI is InChI=1S/C22H13F6NO2/c23-21(24,25)17-11-16(12-18(13-17)22(26,27)28)20(30)31-29-19(14-7-3-1-4-8-14)15-9-5-2-6-10-15/h1-13H. The van der Waals surface area contributed by atoms with Crippen LogP contribution in [0, 0.1) is 0 Å². The van der Waals surface area contributed by atoms with Crippen molar-refractivity contribution < 1.29 is 36.0 Å². The van der Waals surface area contributed by atoms with Gasteiger partial charge in [0, 0.05) is 11.1 Å². The molecule has 3 aromatic rings. The molecule has 0 amide bonds. The SMILES string of the molecule is O=C(ON=C(c1ccccc1)c1ccccc1)c1cc(C(F)(F)F)cc(C(F)(F)F)c1. The van der Waals surface area contributed by atoms with Gasteiger partial charge in [-0.3, -0.25) is 0 Å². The highest BCUT2D eigenvalue weighted by atomic mass is 19.4. The van der Waals surface area contributed by atoms with Gasteiger partial charge in [-0.2, -0.15) is 26.3 Å². The Balaban J connectivity index is 2.00. The highest BCUT2D eigenvalue weighted by Gasteiger charge is 2.37. The molecule has 0 bridgehead atoms. The molecule has 0 saturated carbocycles. The largest absolute Gasteiger partial charge is 0.416 e. The van der Waals surface area contributed by atoms with Crippen molar-refractivity contribution in [1.29, 1.82) is 0 Å². The highest BCUT2D eigenvalue weighted by molar-refractivity contribution is 6.12. The van der Waals surface area contributed by atoms with Crippen LogP contribution < -0.4 is 0 Å². The third kappa shape index (κ3) is 5.50. The van der Waals surface area contributed by atoms with Crippen LogP contribution in [0.3, 0.4) is 0 Å². The molecule has 9 heteroatoms. The van der Waals surface area contributed by atoms with Crippen LogP contribution in [0.15, 0.2) is 84.0 Å². The lowest BCUT2D eigenvalue weighted by molar-refractivity contribution is -0.143. The van der Waals surface area contributed by atoms with E-state index in [1.807, 2.05) is 0 Å². The maximum Gasteiger partial charge on any atom is 0.416 e. The molecule has 0 aliphatic heterocycles. The van der Waals surface area contributed by atoms with E-state index in [9.17, 15) is 31.1 Å². The van der Waals surface area contributed by atoms with Gasteiger partial charge in [-0.15, -0.1) is 0 Å². The third-order valence-corrected chi connectivity index (χ3v) is 4.14. The van der Waals surface area contributed by atoms with Gasteiger partial charge in [0.2, 0.25) is 0 Å². The van der Waals surface area contributed by atoms with E-state index in [1.165, 1.54) is 0 Å². The molecule has 3 rings (SSSR count). The quantitative estimate of drug-likeness (QED) is 0.207. The number of carbonyl (C=O) groups is 1. The number of alkyl halides is 6. The van der Waals surface area contributed by atoms with Crippen LogP contribution in [0.5, 0.6) is 0 Å². The molecule has 0 spiro atoms. The van der Waals surface area contributed by atoms with Crippen molar-refractivity contribution in [2.45, 2.75) is 12.4 Å². The number of halogens is 6. The van der Waals surface area contributed by atoms with Crippen molar-refractivity contribution in [3.63, 3.8) is 0 Å². The van der Waals surface area contributed by atoms with Crippen LogP contribution in [-0.2, 0) is 17.2 Å². The van der Waals surface area contributed by atoms with Crippen LogP contribution in [0.25, 0.3) is 0 Å². The monoisotopic (exact) mass is 437 g/mol. The summed E-state index contributed by atoms with van der Waals surface area (Å²) in [6, 6.07) is 17.4. The Morgan fingerprint density at radius 1 is 0.645 bits per heavy atom. The second kappa shape index (κ2) is 8.63. The smallest absolute Gasteiger partial charge is 0.312 e. The zero-order chi connectivity index (χ0) is 22.6. The summed E-state index contributed by atoms with van der Waals surface area (Å²) in [5.74, 6) is -1.46. The molecule has 0 atom stereocenters. The van der Waals surface area contributed by atoms with Gasteiger partial charge in [0.1, 0.15) is 5.71 Å². The predicted octanol–water partition coefficient (Wildman–Crippen LogP) is 6.33. The maximum absolute atomic E-state index is 13.0. The van der Waals surface area contributed by atoms with Gasteiger partial charge in [0.25, 0.3) is 0 Å². The number of nitrogens with zero attached hydrogens (tertiary/aromatic N) is 1. The van der Waals surface area contributed by atoms with E-state index in [2.05, 4.69) is 5.16 Å². The Morgan fingerprint density at radius 2 is 1.06 bits per heavy atom. The minimum Gasteiger partial charge on any atom is -0.312 e. The summed E-state index contributed by atoms with van der Waals surface area (Å²) in [6.45, 7) is 0. The first-order valence-electron chi connectivity index (χ1n) is 8.75. The lowest BCUT2D eigenvalue weighted by atomic mass is 10.0. The van der Waals surface area contributed by atoms with Crippen molar-refractivity contribution in [2.75, 3.05) is 0 Å². The van der Waals surface area contributed by atoms with Crippen molar-refractivity contribution in [3.05, 3.63) is 107 Å². The molecule has 0 fully saturated rings. The molecule has 0 aliphatic rings. The van der Waals surface area contributed by atoms with Crippen molar-refractivity contribution in [3.8, 4) is 0 Å². The number of hydrogen-bond acceptors (Lipinski definition) is 3. The van der Waals surface area contributed by atoms with Crippen molar-refractivity contribution in [1.82, 2.24) is 0 Å². The van der Waals surface area contributed by atoms with Gasteiger partial charge in [-0.1, -0.05) is 65.8 Å². The fraction of sp³-hybridized carbons (Fsp3) is 0.0909. The fourth-order valence-electron chi connectivity index (χ4n) is 2.68. The van der Waals surface area contributed by atoms with Crippen LogP contribution in [-0.4, -0.2) is 11.7 Å². The predicted molar refractivity (Wildman–Crippen MR) is 100 cm³/mol. The molecule has 0 aromatic heterocycles. The summed E-state index contributed by atoms with van der Waals surface area (Å²) in [5.41, 5.74) is -2.93. The second-order valence-corrected chi connectivity index (χ2v) is 6.35. The van der Waals surface area contributed by atoms with Crippen molar-refractivity contribution in [2.24, 2.45) is 5.16 Å². The number of benzene rings is 3. The lowest BCUT2D eigenvalue weighted by Crippen LogP contribution is -2.14. The van der Waals surface area contributed by atoms with Gasteiger partial charge in [0.05, 0.1) is 16.7 Å². The van der Waals surface area contributed by atoms with Crippen LogP contribution in [0.4, 0.5) is 26.3 Å². The average molecular weight is 437 g/mol. The second-order valence-electron chi connectivity index (χ2n) is 6.35. The van der Waals surface area contributed by atoms with E-state index in [1.54, 1.807) is 60.7 Å². The Bertz CT molecular complexity index is 1020. The molecular weight excluding hydrogens is 424 g/mol. The first-order chi connectivity index (χ1) is 14.6. The molecule has 31 heavy (non-hydrogen) atoms. The van der Waals surface area contributed by atoms with Gasteiger partial charge in [-0.25, -0.2) is 4.79 Å². The number of carbonyl (C=O) groups excluding carboxylic acids is 1. The zero-order valence-corrected chi connectivity index (χ0v) is 15.5. The van der Waals surface area contributed by atoms with E-state index in [-0.39, 0.29) is 23.9 Å². The highest BCUT2D eigenvalue weighted by Crippen LogP contribution is 2.36. The first-order valence-corrected chi connectivity index (χ1v) is 8.75. The zero-order valence-electron chi connectivity index (χ0n) is 15.5. The summed E-state index contributed by atoms with van der Waals surface area (Å²) < 4.78 is 78.1. The summed E-state index contributed by atoms with van der Waals surface area (Å²) in [5, 5.41) is 3.73. The Labute approximate surface area is 172 Å². The fourth-order valence-corrected chi connectivity index (χ4v) is 2.68. The molecule has 0 N–H and O–H groups in total. The van der Waals surface area contributed by atoms with Crippen molar-refractivity contribution >= 4 is 11.7 Å². The average Bonchev–Trinajstić information content (AvgIpc) is 2.74. The molecule has 0 saturated heterocycles. The summed E-state index contributed by atoms with van der Waals surface area (Å²) in [4.78, 5) is 17.1. The molecule has 0 unspecified atom stereocenters. The molecule has 0 aliphatic carbocycles. The minimum absolute atomic E-state index is 0.0700. The Hall–Kier alpha value is -3.62. The topological polar surface area (TPSA) is 38.7 Å². The molecule has 3 nitrogen and oxygen atoms in total. The van der Waals surface area contributed by atoms with Gasteiger partial charge in [0.15, 0.2) is 0 Å². The van der Waals surface area contributed by atoms with E-state index < -0.39 is 35.0 Å². The van der Waals surface area contributed by atoms with E-state index in [0.29, 0.717) is 11.1 Å². The Kier molecular flexibility index (Phi) is 6.14. The third-order valence-electron chi connectivity index (χ3n) is 4.14. The summed E-state index contributed by atoms with van der Waals surface area (Å²) in [6.07, 6.45) is -10.2. The first kappa shape index (κ1) is 22.1. The van der Waals surface area contributed by atoms with E-state index >= 15 is 0 Å². The summed E-state index contributed by atoms with van der Waals surface area (Å²) >= 11 is 0. The normalized spacial score (nSPS) is 11.7. The Morgan fingerprint density at radius 3 is 1.45 bits per heavy atom. The molecule has 0 radical (unpaired) electrons. The van der Waals surface area contributed by atoms with E-state index in [4.69, 9.17) is 4.84 Å². The summed E-state index contributed by atoms with van der Waals surface area (Å²) in [7, 11) is 0. The number of oxime groups is 1. The minimum atomic E-state index is -5.08. The number of rotatable bonds is 4.